The van der Waals surface area contributed by atoms with Crippen molar-refractivity contribution < 1.29 is 14.9 Å². The van der Waals surface area contributed by atoms with Crippen molar-refractivity contribution in [2.24, 2.45) is 0 Å². The van der Waals surface area contributed by atoms with Crippen molar-refractivity contribution in [2.75, 3.05) is 16.8 Å². The maximum Gasteiger partial charge on any atom is 0.285 e. The monoisotopic (exact) mass is 350 g/mol. The first-order valence-corrected chi connectivity index (χ1v) is 9.26. The van der Waals surface area contributed by atoms with Crippen LogP contribution in [0.15, 0.2) is 48.5 Å². The van der Waals surface area contributed by atoms with E-state index in [4.69, 9.17) is 0 Å². The van der Waals surface area contributed by atoms with Crippen LogP contribution in [0.2, 0.25) is 0 Å². The number of rotatable bonds is 3. The Balaban J connectivity index is 1.54. The summed E-state index contributed by atoms with van der Waals surface area (Å²) in [6.07, 6.45) is 3.34. The molecule has 2 amide bonds. The lowest BCUT2D eigenvalue weighted by Crippen LogP contribution is -2.93. The summed E-state index contributed by atoms with van der Waals surface area (Å²) >= 11 is 0. The molecule has 134 valence electrons. The molecule has 0 bridgehead atoms. The van der Waals surface area contributed by atoms with Gasteiger partial charge in [-0.3, -0.25) is 14.5 Å². The predicted octanol–water partition coefficient (Wildman–Crippen LogP) is 2.00. The highest BCUT2D eigenvalue weighted by Gasteiger charge is 2.33. The molecule has 2 aromatic carbocycles. The van der Waals surface area contributed by atoms with Crippen molar-refractivity contribution in [3.05, 3.63) is 59.7 Å². The van der Waals surface area contributed by atoms with E-state index in [9.17, 15) is 9.59 Å². The van der Waals surface area contributed by atoms with Gasteiger partial charge in [-0.25, -0.2) is 0 Å². The number of carbonyl (C=O) groups is 2. The van der Waals surface area contributed by atoms with Gasteiger partial charge in [0.15, 0.2) is 6.04 Å². The van der Waals surface area contributed by atoms with Gasteiger partial charge in [0.2, 0.25) is 5.91 Å². The van der Waals surface area contributed by atoms with E-state index in [0.717, 1.165) is 24.9 Å². The van der Waals surface area contributed by atoms with Gasteiger partial charge >= 0.3 is 0 Å². The number of carbonyl (C=O) groups excluding carboxylic acids is 2. The van der Waals surface area contributed by atoms with E-state index < -0.39 is 0 Å². The molecule has 0 saturated heterocycles. The zero-order valence-electron chi connectivity index (χ0n) is 14.9. The lowest BCUT2D eigenvalue weighted by atomic mass is 9.87. The van der Waals surface area contributed by atoms with E-state index in [1.807, 2.05) is 31.2 Å². The first-order chi connectivity index (χ1) is 12.6. The molecule has 5 nitrogen and oxygen atoms in total. The van der Waals surface area contributed by atoms with Crippen LogP contribution >= 0.6 is 0 Å². The Labute approximate surface area is 153 Å². The molecular formula is C21H24N3O2+. The zero-order valence-corrected chi connectivity index (χ0v) is 14.9. The van der Waals surface area contributed by atoms with Gasteiger partial charge in [-0.05, 0) is 37.5 Å². The van der Waals surface area contributed by atoms with Crippen LogP contribution in [0.3, 0.4) is 0 Å². The molecule has 4 rings (SSSR count). The Bertz CT molecular complexity index is 849. The Morgan fingerprint density at radius 2 is 1.96 bits per heavy atom. The smallest absolute Gasteiger partial charge is 0.285 e. The number of hydrogen-bond acceptors (Lipinski definition) is 2. The number of nitrogens with one attached hydrogen (secondary N) is 1. The van der Waals surface area contributed by atoms with Crippen molar-refractivity contribution in [3.8, 4) is 0 Å². The van der Waals surface area contributed by atoms with Crippen molar-refractivity contribution >= 4 is 23.2 Å². The van der Waals surface area contributed by atoms with Gasteiger partial charge in [-0.2, -0.15) is 0 Å². The second-order valence-corrected chi connectivity index (χ2v) is 7.17. The van der Waals surface area contributed by atoms with Crippen LogP contribution in [0, 0.1) is 0 Å². The summed E-state index contributed by atoms with van der Waals surface area (Å²) in [7, 11) is 0. The van der Waals surface area contributed by atoms with E-state index in [2.05, 4.69) is 34.9 Å². The molecule has 0 spiro atoms. The van der Waals surface area contributed by atoms with Crippen LogP contribution in [-0.2, 0) is 16.0 Å². The average molecular weight is 350 g/mol. The van der Waals surface area contributed by atoms with Crippen LogP contribution in [0.1, 0.15) is 36.9 Å². The number of fused-ring (bicyclic) bond motifs is 2. The minimum Gasteiger partial charge on any atom is -0.330 e. The highest BCUT2D eigenvalue weighted by molar-refractivity contribution is 6.10. The molecule has 26 heavy (non-hydrogen) atoms. The molecule has 1 heterocycles. The fraction of sp³-hybridized carbons (Fsp3) is 0.333. The lowest BCUT2D eigenvalue weighted by Gasteiger charge is -2.32. The van der Waals surface area contributed by atoms with Gasteiger partial charge in [0.25, 0.3) is 5.91 Å². The topological polar surface area (TPSA) is 66.0 Å². The molecule has 0 unspecified atom stereocenters. The molecule has 0 radical (unpaired) electrons. The first-order valence-electron chi connectivity index (χ1n) is 9.26. The highest BCUT2D eigenvalue weighted by Crippen LogP contribution is 2.30. The third-order valence-corrected chi connectivity index (χ3v) is 5.36. The van der Waals surface area contributed by atoms with Gasteiger partial charge in [-0.15, -0.1) is 0 Å². The van der Waals surface area contributed by atoms with Crippen molar-refractivity contribution in [1.82, 2.24) is 0 Å². The molecule has 0 aromatic heterocycles. The van der Waals surface area contributed by atoms with Crippen molar-refractivity contribution in [3.63, 3.8) is 0 Å². The van der Waals surface area contributed by atoms with Crippen molar-refractivity contribution in [2.45, 2.75) is 38.3 Å². The van der Waals surface area contributed by atoms with E-state index >= 15 is 0 Å². The van der Waals surface area contributed by atoms with Gasteiger partial charge in [0.05, 0.1) is 11.4 Å². The average Bonchev–Trinajstić information content (AvgIpc) is 2.67. The second-order valence-electron chi connectivity index (χ2n) is 7.17. The van der Waals surface area contributed by atoms with Crippen LogP contribution in [-0.4, -0.2) is 24.4 Å². The Hall–Kier alpha value is -2.66. The number of nitrogens with two attached hydrogens (primary N) is 1. The van der Waals surface area contributed by atoms with Crippen LogP contribution < -0.4 is 15.5 Å². The standard InChI is InChI=1S/C21H23N3O2/c1-14(22-17-11-6-8-15-7-2-3-9-16(15)17)21(26)24-13-20(25)23-18-10-4-5-12-19(18)24/h2-5,7,9-10,12,14,17,22H,6,8,11,13H2,1H3,(H,23,25)/p+1/t14-,17+/m0/s1. The fourth-order valence-corrected chi connectivity index (χ4v) is 4.10. The number of anilines is 2. The predicted molar refractivity (Wildman–Crippen MR) is 101 cm³/mol. The van der Waals surface area contributed by atoms with E-state index in [1.54, 1.807) is 4.90 Å². The minimum absolute atomic E-state index is 0.0182. The Kier molecular flexibility index (Phi) is 4.47. The summed E-state index contributed by atoms with van der Waals surface area (Å²) in [6.45, 7) is 2.02. The van der Waals surface area contributed by atoms with E-state index in [-0.39, 0.29) is 24.4 Å². The number of para-hydroxylation sites is 2. The molecule has 3 N–H and O–H groups in total. The minimum atomic E-state index is -0.245. The zero-order chi connectivity index (χ0) is 18.1. The van der Waals surface area contributed by atoms with Crippen LogP contribution in [0.25, 0.3) is 0 Å². The first kappa shape index (κ1) is 16.8. The normalized spacial score (nSPS) is 20.0. The SMILES string of the molecule is C[C@H]([NH2+][C@@H]1CCCc2ccccc21)C(=O)N1CC(=O)Nc2ccccc21. The summed E-state index contributed by atoms with van der Waals surface area (Å²) in [5.74, 6) is -0.164. The molecule has 2 aromatic rings. The van der Waals surface area contributed by atoms with Gasteiger partial charge in [-0.1, -0.05) is 36.4 Å². The number of amides is 2. The van der Waals surface area contributed by atoms with Gasteiger partial charge in [0, 0.05) is 12.0 Å². The number of aryl methyl sites for hydroxylation is 1. The van der Waals surface area contributed by atoms with Crippen LogP contribution in [0.5, 0.6) is 0 Å². The Morgan fingerprint density at radius 1 is 1.19 bits per heavy atom. The largest absolute Gasteiger partial charge is 0.330 e. The van der Waals surface area contributed by atoms with Crippen LogP contribution in [0.4, 0.5) is 11.4 Å². The molecule has 1 aliphatic heterocycles. The highest BCUT2D eigenvalue weighted by atomic mass is 16.2. The van der Waals surface area contributed by atoms with Gasteiger partial charge < -0.3 is 10.6 Å². The number of nitrogens with zero attached hydrogens (tertiary/aromatic N) is 1. The maximum atomic E-state index is 13.1. The molecular weight excluding hydrogens is 326 g/mol. The van der Waals surface area contributed by atoms with E-state index in [1.165, 1.54) is 11.1 Å². The summed E-state index contributed by atoms with van der Waals surface area (Å²) < 4.78 is 0. The Morgan fingerprint density at radius 3 is 2.85 bits per heavy atom. The molecule has 1 aliphatic carbocycles. The second kappa shape index (κ2) is 6.92. The summed E-state index contributed by atoms with van der Waals surface area (Å²) in [6, 6.07) is 16.0. The maximum absolute atomic E-state index is 13.1. The van der Waals surface area contributed by atoms with E-state index in [0.29, 0.717) is 11.7 Å². The third-order valence-electron chi connectivity index (χ3n) is 5.36. The summed E-state index contributed by atoms with van der Waals surface area (Å²) in [5, 5.41) is 5.00. The number of quaternary nitrogens is 1. The lowest BCUT2D eigenvalue weighted by molar-refractivity contribution is -0.714. The molecule has 5 heteroatoms. The molecule has 0 fully saturated rings. The van der Waals surface area contributed by atoms with Crippen molar-refractivity contribution in [1.29, 1.82) is 0 Å². The summed E-state index contributed by atoms with van der Waals surface area (Å²) in [5.41, 5.74) is 4.21. The quantitative estimate of drug-likeness (QED) is 0.889. The molecule has 2 aliphatic rings. The van der Waals surface area contributed by atoms with Gasteiger partial charge in [0.1, 0.15) is 12.6 Å². The number of benzene rings is 2. The number of hydrogen-bond donors (Lipinski definition) is 2. The fourth-order valence-electron chi connectivity index (χ4n) is 4.10. The third kappa shape index (κ3) is 3.10. The molecule has 2 atom stereocenters. The summed E-state index contributed by atoms with van der Waals surface area (Å²) in [4.78, 5) is 26.7. The molecule has 0 saturated carbocycles.